The molecule has 3 rings (SSSR count). The molecule has 2 saturated heterocycles. The third kappa shape index (κ3) is 3.68. The van der Waals surface area contributed by atoms with Gasteiger partial charge in [0.25, 0.3) is 0 Å². The fourth-order valence-electron chi connectivity index (χ4n) is 4.06. The summed E-state index contributed by atoms with van der Waals surface area (Å²) in [6.45, 7) is 3.50. The summed E-state index contributed by atoms with van der Waals surface area (Å²) in [4.78, 5) is 26.1. The highest BCUT2D eigenvalue weighted by molar-refractivity contribution is 5.81. The van der Waals surface area contributed by atoms with Gasteiger partial charge >= 0.3 is 5.97 Å². The Labute approximate surface area is 146 Å². The Morgan fingerprint density at radius 2 is 2.28 bits per heavy atom. The van der Waals surface area contributed by atoms with Crippen molar-refractivity contribution in [2.75, 3.05) is 26.3 Å². The fraction of sp³-hybridized carbons (Fsp3) is 0.579. The highest BCUT2D eigenvalue weighted by Gasteiger charge is 2.54. The molecule has 2 fully saturated rings. The van der Waals surface area contributed by atoms with Gasteiger partial charge in [-0.2, -0.15) is 0 Å². The van der Waals surface area contributed by atoms with E-state index in [2.05, 4.69) is 0 Å². The Hall–Kier alpha value is -1.95. The van der Waals surface area contributed by atoms with E-state index < -0.39 is 11.4 Å². The van der Waals surface area contributed by atoms with Gasteiger partial charge in [-0.1, -0.05) is 19.1 Å². The van der Waals surface area contributed by atoms with Gasteiger partial charge in [0.05, 0.1) is 12.0 Å². The van der Waals surface area contributed by atoms with Gasteiger partial charge in [-0.25, -0.2) is 4.39 Å². The van der Waals surface area contributed by atoms with Crippen LogP contribution in [-0.2, 0) is 20.7 Å². The highest BCUT2D eigenvalue weighted by atomic mass is 19.1. The summed E-state index contributed by atoms with van der Waals surface area (Å²) in [6, 6.07) is 6.41. The minimum Gasteiger partial charge on any atom is -0.481 e. The zero-order valence-corrected chi connectivity index (χ0v) is 14.4. The number of carbonyl (C=O) groups is 2. The van der Waals surface area contributed by atoms with E-state index in [9.17, 15) is 19.1 Å². The Morgan fingerprint density at radius 3 is 2.96 bits per heavy atom. The highest BCUT2D eigenvalue weighted by Crippen LogP contribution is 2.42. The number of hydrogen-bond donors (Lipinski definition) is 1. The smallest absolute Gasteiger partial charge is 0.311 e. The van der Waals surface area contributed by atoms with Crippen LogP contribution in [0.2, 0.25) is 0 Å². The first-order valence-corrected chi connectivity index (χ1v) is 8.74. The minimum absolute atomic E-state index is 0.0288. The minimum atomic E-state index is -0.861. The van der Waals surface area contributed by atoms with E-state index in [1.807, 2.05) is 13.0 Å². The molecule has 2 aliphatic rings. The van der Waals surface area contributed by atoms with E-state index in [4.69, 9.17) is 4.74 Å². The Balaban J connectivity index is 1.61. The van der Waals surface area contributed by atoms with Crippen LogP contribution in [0.5, 0.6) is 0 Å². The molecule has 2 heterocycles. The molecule has 1 aromatic rings. The van der Waals surface area contributed by atoms with Crippen molar-refractivity contribution in [2.45, 2.75) is 26.2 Å². The van der Waals surface area contributed by atoms with Gasteiger partial charge in [-0.15, -0.1) is 0 Å². The number of hydrogen-bond acceptors (Lipinski definition) is 3. The van der Waals surface area contributed by atoms with Crippen LogP contribution < -0.4 is 0 Å². The predicted molar refractivity (Wildman–Crippen MR) is 89.5 cm³/mol. The van der Waals surface area contributed by atoms with Gasteiger partial charge in [-0.05, 0) is 36.5 Å². The molecule has 136 valence electrons. The zero-order chi connectivity index (χ0) is 18.0. The van der Waals surface area contributed by atoms with E-state index in [-0.39, 0.29) is 30.1 Å². The number of carboxylic acids is 1. The van der Waals surface area contributed by atoms with Crippen LogP contribution in [0, 0.1) is 23.1 Å². The number of benzene rings is 1. The summed E-state index contributed by atoms with van der Waals surface area (Å²) >= 11 is 0. The monoisotopic (exact) mass is 349 g/mol. The van der Waals surface area contributed by atoms with Crippen LogP contribution in [0.1, 0.15) is 25.3 Å². The first-order valence-electron chi connectivity index (χ1n) is 8.74. The van der Waals surface area contributed by atoms with Crippen molar-refractivity contribution < 1.29 is 23.8 Å². The average molecular weight is 349 g/mol. The van der Waals surface area contributed by atoms with Gasteiger partial charge in [0.1, 0.15) is 5.82 Å². The molecule has 2 aliphatic heterocycles. The summed E-state index contributed by atoms with van der Waals surface area (Å²) in [5, 5.41) is 9.67. The van der Waals surface area contributed by atoms with Crippen molar-refractivity contribution in [3.63, 3.8) is 0 Å². The van der Waals surface area contributed by atoms with Gasteiger partial charge in [0.2, 0.25) is 5.91 Å². The number of carboxylic acid groups (broad SMARTS) is 1. The van der Waals surface area contributed by atoms with Crippen LogP contribution in [0.25, 0.3) is 0 Å². The maximum absolute atomic E-state index is 13.3. The molecule has 0 bridgehead atoms. The first kappa shape index (κ1) is 17.9. The SMILES string of the molecule is CC(CC(=O)N1C[C@H]2COCC[C@@]2(C(=O)O)C1)Cc1cccc(F)c1. The third-order valence-electron chi connectivity index (χ3n) is 5.48. The van der Waals surface area contributed by atoms with Crippen molar-refractivity contribution in [1.82, 2.24) is 4.90 Å². The number of nitrogens with zero attached hydrogens (tertiary/aromatic N) is 1. The molecule has 5 nitrogen and oxygen atoms in total. The molecular weight excluding hydrogens is 325 g/mol. The number of carbonyl (C=O) groups excluding carboxylic acids is 1. The van der Waals surface area contributed by atoms with E-state index in [0.29, 0.717) is 39.0 Å². The topological polar surface area (TPSA) is 66.8 Å². The molecule has 1 unspecified atom stereocenters. The normalized spacial score (nSPS) is 27.0. The second-order valence-electron chi connectivity index (χ2n) is 7.40. The van der Waals surface area contributed by atoms with E-state index in [1.165, 1.54) is 12.1 Å². The first-order chi connectivity index (χ1) is 11.9. The molecule has 1 amide bonds. The second kappa shape index (κ2) is 7.12. The van der Waals surface area contributed by atoms with Gasteiger partial charge < -0.3 is 14.7 Å². The number of fused-ring (bicyclic) bond motifs is 1. The number of aliphatic carboxylic acids is 1. The van der Waals surface area contributed by atoms with Crippen molar-refractivity contribution in [3.8, 4) is 0 Å². The lowest BCUT2D eigenvalue weighted by Crippen LogP contribution is -2.45. The third-order valence-corrected chi connectivity index (χ3v) is 5.48. The molecule has 0 spiro atoms. The van der Waals surface area contributed by atoms with E-state index >= 15 is 0 Å². The maximum Gasteiger partial charge on any atom is 0.311 e. The van der Waals surface area contributed by atoms with Crippen LogP contribution in [0.3, 0.4) is 0 Å². The average Bonchev–Trinajstić information content (AvgIpc) is 2.96. The Bertz CT molecular complexity index is 665. The zero-order valence-electron chi connectivity index (χ0n) is 14.4. The lowest BCUT2D eigenvalue weighted by Gasteiger charge is -2.33. The number of halogens is 1. The summed E-state index contributed by atoms with van der Waals surface area (Å²) in [5.41, 5.74) is 0.00508. The molecule has 3 atom stereocenters. The summed E-state index contributed by atoms with van der Waals surface area (Å²) < 4.78 is 18.7. The van der Waals surface area contributed by atoms with Crippen LogP contribution >= 0.6 is 0 Å². The molecule has 0 radical (unpaired) electrons. The standard InChI is InChI=1S/C19H24FNO4/c1-13(7-14-3-2-4-16(20)9-14)8-17(22)21-10-15-11-25-6-5-19(15,12-21)18(23)24/h2-4,9,13,15H,5-8,10-12H2,1H3,(H,23,24)/t13?,15-,19+/m0/s1. The molecule has 0 saturated carbocycles. The largest absolute Gasteiger partial charge is 0.481 e. The summed E-state index contributed by atoms with van der Waals surface area (Å²) in [5.74, 6) is -1.21. The van der Waals surface area contributed by atoms with Crippen LogP contribution in [0.15, 0.2) is 24.3 Å². The van der Waals surface area contributed by atoms with Crippen LogP contribution in [0.4, 0.5) is 4.39 Å². The summed E-state index contributed by atoms with van der Waals surface area (Å²) in [7, 11) is 0. The van der Waals surface area contributed by atoms with Crippen molar-refractivity contribution in [1.29, 1.82) is 0 Å². The number of likely N-dealkylation sites (tertiary alicyclic amines) is 1. The Morgan fingerprint density at radius 1 is 1.48 bits per heavy atom. The number of amides is 1. The van der Waals surface area contributed by atoms with E-state index in [0.717, 1.165) is 5.56 Å². The predicted octanol–water partition coefficient (Wildman–Crippen LogP) is 2.34. The van der Waals surface area contributed by atoms with Crippen molar-refractivity contribution >= 4 is 11.9 Å². The Kier molecular flexibility index (Phi) is 5.08. The van der Waals surface area contributed by atoms with Crippen molar-refractivity contribution in [2.24, 2.45) is 17.3 Å². The second-order valence-corrected chi connectivity index (χ2v) is 7.40. The van der Waals surface area contributed by atoms with E-state index in [1.54, 1.807) is 11.0 Å². The van der Waals surface area contributed by atoms with Gasteiger partial charge in [-0.3, -0.25) is 9.59 Å². The molecular formula is C19H24FNO4. The van der Waals surface area contributed by atoms with Gasteiger partial charge in [0.15, 0.2) is 0 Å². The lowest BCUT2D eigenvalue weighted by molar-refractivity contribution is -0.157. The lowest BCUT2D eigenvalue weighted by atomic mass is 9.74. The quantitative estimate of drug-likeness (QED) is 0.886. The maximum atomic E-state index is 13.3. The number of ether oxygens (including phenoxy) is 1. The molecule has 1 aromatic carbocycles. The van der Waals surface area contributed by atoms with Crippen LogP contribution in [-0.4, -0.2) is 48.2 Å². The number of rotatable bonds is 5. The summed E-state index contributed by atoms with van der Waals surface area (Å²) in [6.07, 6.45) is 1.41. The molecule has 6 heteroatoms. The van der Waals surface area contributed by atoms with Gasteiger partial charge in [0, 0.05) is 32.0 Å². The van der Waals surface area contributed by atoms with Crippen molar-refractivity contribution in [3.05, 3.63) is 35.6 Å². The molecule has 1 N–H and O–H groups in total. The fourth-order valence-corrected chi connectivity index (χ4v) is 4.06. The molecule has 0 aliphatic carbocycles. The molecule has 0 aromatic heterocycles. The molecule has 25 heavy (non-hydrogen) atoms.